The number of anilines is 1. The van der Waals surface area contributed by atoms with Crippen molar-refractivity contribution in [2.24, 2.45) is 0 Å². The van der Waals surface area contributed by atoms with Crippen LogP contribution >= 0.6 is 11.6 Å². The van der Waals surface area contributed by atoms with Crippen LogP contribution < -0.4 is 10.2 Å². The summed E-state index contributed by atoms with van der Waals surface area (Å²) in [7, 11) is 0. The zero-order chi connectivity index (χ0) is 22.2. The van der Waals surface area contributed by atoms with Gasteiger partial charge in [0.25, 0.3) is 5.91 Å². The van der Waals surface area contributed by atoms with Crippen molar-refractivity contribution in [2.45, 2.75) is 19.4 Å². The molecular weight excluding hydrogens is 416 g/mol. The van der Waals surface area contributed by atoms with Gasteiger partial charge >= 0.3 is 6.03 Å². The number of nitrogens with one attached hydrogen (secondary N) is 1. The van der Waals surface area contributed by atoms with Gasteiger partial charge in [0.05, 0.1) is 6.67 Å². The van der Waals surface area contributed by atoms with Crippen molar-refractivity contribution in [1.82, 2.24) is 15.1 Å². The molecule has 2 heterocycles. The number of amides is 3. The van der Waals surface area contributed by atoms with Gasteiger partial charge in [-0.1, -0.05) is 23.7 Å². The van der Waals surface area contributed by atoms with Crippen LogP contribution in [0.2, 0.25) is 5.02 Å². The summed E-state index contributed by atoms with van der Waals surface area (Å²) in [6.07, 6.45) is 0. The molecule has 2 fully saturated rings. The van der Waals surface area contributed by atoms with Crippen molar-refractivity contribution in [3.8, 4) is 0 Å². The van der Waals surface area contributed by atoms with E-state index >= 15 is 0 Å². The number of nitrogens with zero attached hydrogens (tertiary/aromatic N) is 3. The number of hydrogen-bond acceptors (Lipinski definition) is 5. The van der Waals surface area contributed by atoms with Gasteiger partial charge in [0.2, 0.25) is 0 Å². The fraction of sp³-hybridized carbons (Fsp3) is 0.348. The molecule has 2 aliphatic heterocycles. The third kappa shape index (κ3) is 4.16. The second-order valence-corrected chi connectivity index (χ2v) is 8.58. The monoisotopic (exact) mass is 440 g/mol. The highest BCUT2D eigenvalue weighted by Crippen LogP contribution is 2.30. The van der Waals surface area contributed by atoms with E-state index in [1.54, 1.807) is 38.1 Å². The molecule has 0 unspecified atom stereocenters. The van der Waals surface area contributed by atoms with Crippen molar-refractivity contribution in [1.29, 1.82) is 0 Å². The number of carbonyl (C=O) groups excluding carboxylic acids is 3. The Balaban J connectivity index is 1.38. The number of urea groups is 1. The number of halogens is 1. The Labute approximate surface area is 186 Å². The van der Waals surface area contributed by atoms with Gasteiger partial charge in [-0.3, -0.25) is 14.5 Å². The minimum absolute atomic E-state index is 0.0514. The van der Waals surface area contributed by atoms with E-state index in [0.29, 0.717) is 16.1 Å². The lowest BCUT2D eigenvalue weighted by atomic mass is 9.92. The molecule has 2 aliphatic rings. The molecule has 3 amide bonds. The van der Waals surface area contributed by atoms with E-state index in [1.807, 2.05) is 24.3 Å². The van der Waals surface area contributed by atoms with Crippen molar-refractivity contribution in [2.75, 3.05) is 37.7 Å². The minimum Gasteiger partial charge on any atom is -0.369 e. The third-order valence-corrected chi connectivity index (χ3v) is 6.30. The minimum atomic E-state index is -1.10. The maximum atomic E-state index is 13.1. The van der Waals surface area contributed by atoms with Crippen LogP contribution in [0.5, 0.6) is 0 Å². The smallest absolute Gasteiger partial charge is 0.326 e. The summed E-state index contributed by atoms with van der Waals surface area (Å²) in [4.78, 5) is 42.8. The Kier molecular flexibility index (Phi) is 5.73. The lowest BCUT2D eigenvalue weighted by molar-refractivity contribution is -0.132. The van der Waals surface area contributed by atoms with Crippen LogP contribution in [0, 0.1) is 0 Å². The van der Waals surface area contributed by atoms with Gasteiger partial charge in [-0.2, -0.15) is 0 Å². The summed E-state index contributed by atoms with van der Waals surface area (Å²) >= 11 is 5.96. The summed E-state index contributed by atoms with van der Waals surface area (Å²) < 4.78 is 0. The number of piperazine rings is 1. The molecule has 4 rings (SSSR count). The van der Waals surface area contributed by atoms with Crippen molar-refractivity contribution in [3.63, 3.8) is 0 Å². The Morgan fingerprint density at radius 1 is 1.00 bits per heavy atom. The van der Waals surface area contributed by atoms with Gasteiger partial charge in [0, 0.05) is 42.5 Å². The number of benzene rings is 2. The van der Waals surface area contributed by atoms with Gasteiger partial charge in [-0.15, -0.1) is 0 Å². The third-order valence-electron chi connectivity index (χ3n) is 6.05. The van der Waals surface area contributed by atoms with Gasteiger partial charge in [-0.05, 0) is 55.8 Å². The van der Waals surface area contributed by atoms with E-state index < -0.39 is 5.54 Å². The maximum Gasteiger partial charge on any atom is 0.326 e. The molecule has 31 heavy (non-hydrogen) atoms. The van der Waals surface area contributed by atoms with E-state index in [2.05, 4.69) is 15.1 Å². The number of imide groups is 1. The van der Waals surface area contributed by atoms with Crippen LogP contribution in [0.3, 0.4) is 0 Å². The second-order valence-electron chi connectivity index (χ2n) is 8.14. The SMILES string of the molecule is CC(=O)c1ccc(N2CCN(CN3C(=O)N[C@@](C)(c4ccc(Cl)cc4)C3=O)CC2)cc1. The number of Topliss-reactive ketones (excluding diaryl/α,β-unsaturated/α-hetero) is 1. The van der Waals surface area contributed by atoms with Crippen LogP contribution in [-0.2, 0) is 10.3 Å². The molecule has 2 aromatic carbocycles. The van der Waals surface area contributed by atoms with E-state index in [4.69, 9.17) is 11.6 Å². The second kappa shape index (κ2) is 8.32. The molecule has 162 valence electrons. The molecule has 2 aromatic rings. The molecule has 0 bridgehead atoms. The summed E-state index contributed by atoms with van der Waals surface area (Å²) in [5.74, 6) is -0.211. The van der Waals surface area contributed by atoms with Crippen molar-refractivity contribution < 1.29 is 14.4 Å². The highest BCUT2D eigenvalue weighted by molar-refractivity contribution is 6.30. The lowest BCUT2D eigenvalue weighted by Crippen LogP contribution is -2.51. The number of ketones is 1. The average molecular weight is 441 g/mol. The Bertz CT molecular complexity index is 1000. The highest BCUT2D eigenvalue weighted by Gasteiger charge is 2.49. The molecule has 0 saturated carbocycles. The summed E-state index contributed by atoms with van der Waals surface area (Å²) in [5.41, 5.74) is 1.37. The van der Waals surface area contributed by atoms with Crippen molar-refractivity contribution >= 4 is 35.0 Å². The number of rotatable bonds is 5. The summed E-state index contributed by atoms with van der Waals surface area (Å²) in [5, 5.41) is 3.41. The van der Waals surface area contributed by atoms with Crippen molar-refractivity contribution in [3.05, 3.63) is 64.7 Å². The zero-order valence-electron chi connectivity index (χ0n) is 17.6. The molecule has 1 N–H and O–H groups in total. The van der Waals surface area contributed by atoms with Crippen LogP contribution in [-0.4, -0.2) is 60.4 Å². The molecule has 1 atom stereocenters. The van der Waals surface area contributed by atoms with Crippen LogP contribution in [0.4, 0.5) is 10.5 Å². The molecule has 8 heteroatoms. The van der Waals surface area contributed by atoms with E-state index in [0.717, 1.165) is 31.9 Å². The van der Waals surface area contributed by atoms with Crippen LogP contribution in [0.25, 0.3) is 0 Å². The predicted octanol–water partition coefficient (Wildman–Crippen LogP) is 3.09. The van der Waals surface area contributed by atoms with E-state index in [-0.39, 0.29) is 24.4 Å². The fourth-order valence-electron chi connectivity index (χ4n) is 4.06. The first kappa shape index (κ1) is 21.3. The maximum absolute atomic E-state index is 13.1. The Morgan fingerprint density at radius 3 is 2.19 bits per heavy atom. The quantitative estimate of drug-likeness (QED) is 0.571. The topological polar surface area (TPSA) is 73.0 Å². The predicted molar refractivity (Wildman–Crippen MR) is 119 cm³/mol. The van der Waals surface area contributed by atoms with E-state index in [1.165, 1.54) is 4.90 Å². The van der Waals surface area contributed by atoms with E-state index in [9.17, 15) is 14.4 Å². The Morgan fingerprint density at radius 2 is 1.61 bits per heavy atom. The lowest BCUT2D eigenvalue weighted by Gasteiger charge is -2.37. The van der Waals surface area contributed by atoms with Gasteiger partial charge in [0.1, 0.15) is 5.54 Å². The molecule has 0 spiro atoms. The molecule has 2 saturated heterocycles. The summed E-state index contributed by atoms with van der Waals surface area (Å²) in [6, 6.07) is 14.2. The van der Waals surface area contributed by atoms with Gasteiger partial charge < -0.3 is 10.2 Å². The summed E-state index contributed by atoms with van der Waals surface area (Å²) in [6.45, 7) is 6.53. The first-order valence-electron chi connectivity index (χ1n) is 10.3. The molecule has 0 aromatic heterocycles. The first-order valence-corrected chi connectivity index (χ1v) is 10.6. The average Bonchev–Trinajstić information content (AvgIpc) is 2.98. The van der Waals surface area contributed by atoms with Crippen LogP contribution in [0.15, 0.2) is 48.5 Å². The number of hydrogen-bond donors (Lipinski definition) is 1. The molecule has 7 nitrogen and oxygen atoms in total. The largest absolute Gasteiger partial charge is 0.369 e. The standard InChI is InChI=1S/C23H25ClN4O3/c1-16(29)17-3-9-20(10-4-17)27-13-11-26(12-14-27)15-28-21(30)23(2,25-22(28)31)18-5-7-19(24)8-6-18/h3-10H,11-15H2,1-2H3,(H,25,31)/t23-/m0/s1. The zero-order valence-corrected chi connectivity index (χ0v) is 18.4. The Hall–Kier alpha value is -2.90. The number of carbonyl (C=O) groups is 3. The first-order chi connectivity index (χ1) is 14.8. The van der Waals surface area contributed by atoms with Gasteiger partial charge in [-0.25, -0.2) is 9.69 Å². The fourth-order valence-corrected chi connectivity index (χ4v) is 4.18. The van der Waals surface area contributed by atoms with Crippen LogP contribution in [0.1, 0.15) is 29.8 Å². The normalized spacial score (nSPS) is 22.0. The molecular formula is C23H25ClN4O3. The molecule has 0 aliphatic carbocycles. The van der Waals surface area contributed by atoms with Gasteiger partial charge in [0.15, 0.2) is 5.78 Å². The molecule has 0 radical (unpaired) electrons. The highest BCUT2D eigenvalue weighted by atomic mass is 35.5.